The van der Waals surface area contributed by atoms with E-state index in [1.807, 2.05) is 0 Å². The molecular weight excluding hydrogens is 292 g/mol. The number of carboxylic acid groups (broad SMARTS) is 1. The molecule has 108 valence electrons. The summed E-state index contributed by atoms with van der Waals surface area (Å²) in [6.07, 6.45) is 1.81. The Labute approximate surface area is 114 Å². The molecule has 1 aromatic heterocycles. The molecule has 0 saturated heterocycles. The molecule has 2 aromatic rings. The number of benzene rings is 1. The molecule has 0 unspecified atom stereocenters. The van der Waals surface area contributed by atoms with Gasteiger partial charge in [0.15, 0.2) is 11.6 Å². The zero-order valence-electron chi connectivity index (χ0n) is 9.99. The first-order valence-corrected chi connectivity index (χ1v) is 5.25. The minimum Gasteiger partial charge on any atom is -0.478 e. The number of nitrogens with zero attached hydrogens (tertiary/aromatic N) is 3. The van der Waals surface area contributed by atoms with E-state index in [0.29, 0.717) is 12.1 Å². The van der Waals surface area contributed by atoms with Crippen LogP contribution in [0.5, 0.6) is 11.8 Å². The zero-order chi connectivity index (χ0) is 15.6. The Kier molecular flexibility index (Phi) is 3.69. The topological polar surface area (TPSA) is 115 Å². The van der Waals surface area contributed by atoms with Crippen molar-refractivity contribution in [3.63, 3.8) is 0 Å². The highest BCUT2D eigenvalue weighted by molar-refractivity contribution is 5.86. The number of aromatic carboxylic acids is 1. The average Bonchev–Trinajstić information content (AvgIpc) is 2.42. The molecule has 0 saturated carbocycles. The normalized spacial score (nSPS) is 10.2. The van der Waals surface area contributed by atoms with Gasteiger partial charge in [-0.2, -0.15) is 4.39 Å². The molecule has 0 aliphatic carbocycles. The molecule has 2 rings (SSSR count). The second-order valence-electron chi connectivity index (χ2n) is 3.65. The Bertz CT molecular complexity index is 721. The van der Waals surface area contributed by atoms with Gasteiger partial charge in [0.25, 0.3) is 0 Å². The Hall–Kier alpha value is -3.17. The Morgan fingerprint density at radius 3 is 2.38 bits per heavy atom. The smallest absolute Gasteiger partial charge is 0.338 e. The molecule has 21 heavy (non-hydrogen) atoms. The van der Waals surface area contributed by atoms with Crippen molar-refractivity contribution in [3.8, 4) is 11.8 Å². The minimum atomic E-state index is -1.29. The first-order chi connectivity index (χ1) is 9.88. The highest BCUT2D eigenvalue weighted by atomic mass is 19.1. The van der Waals surface area contributed by atoms with Crippen LogP contribution >= 0.6 is 0 Å². The Morgan fingerprint density at radius 1 is 1.24 bits per heavy atom. The van der Waals surface area contributed by atoms with Crippen molar-refractivity contribution in [1.82, 2.24) is 9.97 Å². The first kappa shape index (κ1) is 14.2. The van der Waals surface area contributed by atoms with E-state index in [1.54, 1.807) is 0 Å². The second-order valence-corrected chi connectivity index (χ2v) is 3.65. The maximum Gasteiger partial charge on any atom is 0.338 e. The number of ether oxygens (including phenoxy) is 1. The van der Waals surface area contributed by atoms with Crippen molar-refractivity contribution < 1.29 is 28.3 Å². The highest BCUT2D eigenvalue weighted by Gasteiger charge is 2.20. The van der Waals surface area contributed by atoms with Gasteiger partial charge in [-0.05, 0) is 0 Å². The Morgan fingerprint density at radius 2 is 1.86 bits per heavy atom. The van der Waals surface area contributed by atoms with E-state index in [1.165, 1.54) is 0 Å². The van der Waals surface area contributed by atoms with Crippen LogP contribution in [0.1, 0.15) is 10.4 Å². The number of rotatable bonds is 4. The monoisotopic (exact) mass is 297 g/mol. The third-order valence-electron chi connectivity index (χ3n) is 2.27. The number of carboxylic acids is 1. The summed E-state index contributed by atoms with van der Waals surface area (Å²) in [4.78, 5) is 26.9. The summed E-state index contributed by atoms with van der Waals surface area (Å²) < 4.78 is 31.7. The molecule has 0 atom stereocenters. The SMILES string of the molecule is O=C(O)c1cnc(Oc2cc(F)c([N+](=O)[O-])cc2F)nc1. The number of nitro benzene ring substituents is 1. The van der Waals surface area contributed by atoms with Crippen LogP contribution in [0.4, 0.5) is 14.5 Å². The van der Waals surface area contributed by atoms with Gasteiger partial charge in [-0.15, -0.1) is 0 Å². The van der Waals surface area contributed by atoms with Gasteiger partial charge in [0.1, 0.15) is 0 Å². The summed E-state index contributed by atoms with van der Waals surface area (Å²) in [6, 6.07) is 0.394. The van der Waals surface area contributed by atoms with E-state index in [9.17, 15) is 23.7 Å². The molecule has 0 bridgehead atoms. The lowest BCUT2D eigenvalue weighted by Gasteiger charge is -2.05. The maximum atomic E-state index is 13.5. The fraction of sp³-hybridized carbons (Fsp3) is 0. The predicted octanol–water partition coefficient (Wildman–Crippen LogP) is 2.15. The summed E-state index contributed by atoms with van der Waals surface area (Å²) in [7, 11) is 0. The predicted molar refractivity (Wildman–Crippen MR) is 62.1 cm³/mol. The van der Waals surface area contributed by atoms with E-state index in [0.717, 1.165) is 12.4 Å². The molecular formula is C11H5F2N3O5. The van der Waals surface area contributed by atoms with Gasteiger partial charge in [-0.3, -0.25) is 10.1 Å². The quantitative estimate of drug-likeness (QED) is 0.678. The molecule has 10 heteroatoms. The van der Waals surface area contributed by atoms with Crippen LogP contribution in [0, 0.1) is 21.7 Å². The molecule has 1 aromatic carbocycles. The van der Waals surface area contributed by atoms with Crippen LogP contribution in [-0.2, 0) is 0 Å². The molecule has 8 nitrogen and oxygen atoms in total. The van der Waals surface area contributed by atoms with Gasteiger partial charge in [0, 0.05) is 18.5 Å². The van der Waals surface area contributed by atoms with Crippen molar-refractivity contribution in [2.75, 3.05) is 0 Å². The fourth-order valence-corrected chi connectivity index (χ4v) is 1.31. The molecule has 0 aliphatic rings. The largest absolute Gasteiger partial charge is 0.478 e. The van der Waals surface area contributed by atoms with Crippen molar-refractivity contribution in [2.45, 2.75) is 0 Å². The molecule has 1 N–H and O–H groups in total. The van der Waals surface area contributed by atoms with E-state index in [2.05, 4.69) is 9.97 Å². The third-order valence-corrected chi connectivity index (χ3v) is 2.27. The van der Waals surface area contributed by atoms with Gasteiger partial charge in [-0.1, -0.05) is 0 Å². The van der Waals surface area contributed by atoms with Crippen molar-refractivity contribution >= 4 is 11.7 Å². The lowest BCUT2D eigenvalue weighted by atomic mass is 10.3. The van der Waals surface area contributed by atoms with Crippen molar-refractivity contribution in [1.29, 1.82) is 0 Å². The molecule has 0 radical (unpaired) electrons. The van der Waals surface area contributed by atoms with E-state index in [4.69, 9.17) is 9.84 Å². The van der Waals surface area contributed by atoms with Gasteiger partial charge in [0.05, 0.1) is 16.6 Å². The minimum absolute atomic E-state index is 0.224. The van der Waals surface area contributed by atoms with Crippen molar-refractivity contribution in [3.05, 3.63) is 51.8 Å². The van der Waals surface area contributed by atoms with Crippen LogP contribution in [0.3, 0.4) is 0 Å². The molecule has 0 amide bonds. The average molecular weight is 297 g/mol. The maximum absolute atomic E-state index is 13.5. The number of hydrogen-bond donors (Lipinski definition) is 1. The molecule has 0 fully saturated rings. The van der Waals surface area contributed by atoms with Gasteiger partial charge in [0.2, 0.25) is 5.82 Å². The van der Waals surface area contributed by atoms with E-state index >= 15 is 0 Å². The van der Waals surface area contributed by atoms with E-state index in [-0.39, 0.29) is 5.56 Å². The number of halogens is 2. The van der Waals surface area contributed by atoms with Gasteiger partial charge < -0.3 is 9.84 Å². The fourth-order valence-electron chi connectivity index (χ4n) is 1.31. The van der Waals surface area contributed by atoms with E-state index < -0.39 is 40.0 Å². The van der Waals surface area contributed by atoms with Gasteiger partial charge >= 0.3 is 17.7 Å². The van der Waals surface area contributed by atoms with Crippen LogP contribution < -0.4 is 4.74 Å². The standard InChI is InChI=1S/C11H5F2N3O5/c12-6-2-9(7(13)1-8(6)16(19)20)21-11-14-3-5(4-15-11)10(17)18/h1-4H,(H,17,18). The van der Waals surface area contributed by atoms with Crippen LogP contribution in [-0.4, -0.2) is 26.0 Å². The van der Waals surface area contributed by atoms with Crippen LogP contribution in [0.25, 0.3) is 0 Å². The van der Waals surface area contributed by atoms with Crippen LogP contribution in [0.15, 0.2) is 24.5 Å². The Balaban J connectivity index is 2.29. The summed E-state index contributed by atoms with van der Waals surface area (Å²) >= 11 is 0. The lowest BCUT2D eigenvalue weighted by Crippen LogP contribution is -2.01. The molecule has 1 heterocycles. The van der Waals surface area contributed by atoms with Crippen LogP contribution in [0.2, 0.25) is 0 Å². The molecule has 0 aliphatic heterocycles. The highest BCUT2D eigenvalue weighted by Crippen LogP contribution is 2.28. The summed E-state index contributed by atoms with van der Waals surface area (Å²) in [5.74, 6) is -4.41. The number of carbonyl (C=O) groups is 1. The summed E-state index contributed by atoms with van der Waals surface area (Å²) in [5.41, 5.74) is -1.26. The summed E-state index contributed by atoms with van der Waals surface area (Å²) in [5, 5.41) is 19.1. The van der Waals surface area contributed by atoms with Gasteiger partial charge in [-0.25, -0.2) is 19.2 Å². The third kappa shape index (κ3) is 3.05. The summed E-state index contributed by atoms with van der Waals surface area (Å²) in [6.45, 7) is 0. The first-order valence-electron chi connectivity index (χ1n) is 5.25. The number of hydrogen-bond acceptors (Lipinski definition) is 6. The lowest BCUT2D eigenvalue weighted by molar-refractivity contribution is -0.387. The van der Waals surface area contributed by atoms with Crippen molar-refractivity contribution in [2.24, 2.45) is 0 Å². The molecule has 0 spiro atoms. The number of aromatic nitrogens is 2. The zero-order valence-corrected chi connectivity index (χ0v) is 9.99. The number of nitro groups is 1. The second kappa shape index (κ2) is 5.45.